The molecule has 3 rings (SSSR count). The molecule has 0 atom stereocenters. The molecule has 1 saturated carbocycles. The summed E-state index contributed by atoms with van der Waals surface area (Å²) < 4.78 is 12.9. The van der Waals surface area contributed by atoms with Gasteiger partial charge < -0.3 is 0 Å². The molecule has 1 nitrogen and oxygen atoms in total. The Balaban J connectivity index is 1.65. The van der Waals surface area contributed by atoms with Gasteiger partial charge in [0.25, 0.3) is 0 Å². The fourth-order valence-corrected chi connectivity index (χ4v) is 2.94. The number of benzene rings is 1. The Bertz CT molecular complexity index is 711. The van der Waals surface area contributed by atoms with E-state index in [9.17, 15) is 4.39 Å². The molecule has 1 aromatic carbocycles. The molecule has 1 fully saturated rings. The molecule has 0 radical (unpaired) electrons. The van der Waals surface area contributed by atoms with E-state index in [1.165, 1.54) is 25.0 Å². The largest absolute Gasteiger partial charge is 0.255 e. The third kappa shape index (κ3) is 4.07. The first kappa shape index (κ1) is 15.5. The summed E-state index contributed by atoms with van der Waals surface area (Å²) in [4.78, 5) is 4.43. The minimum atomic E-state index is -0.234. The zero-order valence-corrected chi connectivity index (χ0v) is 13.1. The first-order valence-electron chi connectivity index (χ1n) is 8.10. The van der Waals surface area contributed by atoms with Gasteiger partial charge in [0.1, 0.15) is 5.82 Å². The molecule has 0 unspecified atom stereocenters. The summed E-state index contributed by atoms with van der Waals surface area (Å²) >= 11 is 0. The normalized spacial score (nSPS) is 20.4. The van der Waals surface area contributed by atoms with E-state index < -0.39 is 0 Å². The van der Waals surface area contributed by atoms with Gasteiger partial charge >= 0.3 is 0 Å². The molecule has 0 spiro atoms. The predicted octanol–water partition coefficient (Wildman–Crippen LogP) is 5.23. The highest BCUT2D eigenvalue weighted by molar-refractivity contribution is 5.59. The lowest BCUT2D eigenvalue weighted by molar-refractivity contribution is 0.365. The van der Waals surface area contributed by atoms with E-state index in [1.54, 1.807) is 18.3 Å². The van der Waals surface area contributed by atoms with Gasteiger partial charge in [0, 0.05) is 23.2 Å². The SMILES string of the molecule is C=CC1CCC(C#Cc2ccc(-c3ccc(F)cc3)nc2)CC1. The standard InChI is InChI=1S/C21H20FN/c1-2-16-3-5-17(6-4-16)7-8-18-9-14-21(23-15-18)19-10-12-20(22)13-11-19/h2,9-17H,1,3-6H2. The minimum absolute atomic E-state index is 0.234. The van der Waals surface area contributed by atoms with Crippen LogP contribution in [-0.4, -0.2) is 4.98 Å². The second kappa shape index (κ2) is 7.24. The van der Waals surface area contributed by atoms with Crippen LogP contribution in [0, 0.1) is 29.5 Å². The molecule has 1 aliphatic rings. The van der Waals surface area contributed by atoms with Gasteiger partial charge in [0.05, 0.1) is 5.69 Å². The molecule has 1 aromatic heterocycles. The molecule has 0 amide bonds. The first-order chi connectivity index (χ1) is 11.2. The van der Waals surface area contributed by atoms with Gasteiger partial charge in [-0.05, 0) is 68.0 Å². The highest BCUT2D eigenvalue weighted by Crippen LogP contribution is 2.28. The zero-order valence-electron chi connectivity index (χ0n) is 13.1. The van der Waals surface area contributed by atoms with Crippen molar-refractivity contribution >= 4 is 0 Å². The Labute approximate surface area is 137 Å². The van der Waals surface area contributed by atoms with E-state index in [4.69, 9.17) is 0 Å². The van der Waals surface area contributed by atoms with Crippen LogP contribution in [0.1, 0.15) is 31.2 Å². The number of allylic oxidation sites excluding steroid dienone is 1. The van der Waals surface area contributed by atoms with Crippen LogP contribution in [0.15, 0.2) is 55.3 Å². The van der Waals surface area contributed by atoms with Crippen LogP contribution in [0.2, 0.25) is 0 Å². The Hall–Kier alpha value is -2.40. The maximum atomic E-state index is 12.9. The lowest BCUT2D eigenvalue weighted by atomic mass is 9.82. The molecular formula is C21H20FN. The highest BCUT2D eigenvalue weighted by Gasteiger charge is 2.17. The third-order valence-electron chi connectivity index (χ3n) is 4.43. The molecule has 1 heterocycles. The Morgan fingerprint density at radius 2 is 1.78 bits per heavy atom. The summed E-state index contributed by atoms with van der Waals surface area (Å²) in [6, 6.07) is 10.3. The van der Waals surface area contributed by atoms with Crippen molar-refractivity contribution < 1.29 is 4.39 Å². The summed E-state index contributed by atoms with van der Waals surface area (Å²) in [6.45, 7) is 3.88. The molecule has 23 heavy (non-hydrogen) atoms. The minimum Gasteiger partial charge on any atom is -0.255 e. The molecule has 0 bridgehead atoms. The summed E-state index contributed by atoms with van der Waals surface area (Å²) in [5, 5.41) is 0. The smallest absolute Gasteiger partial charge is 0.123 e. The van der Waals surface area contributed by atoms with Gasteiger partial charge in [-0.2, -0.15) is 0 Å². The molecule has 116 valence electrons. The Morgan fingerprint density at radius 1 is 1.04 bits per heavy atom. The second-order valence-corrected chi connectivity index (χ2v) is 6.06. The van der Waals surface area contributed by atoms with Crippen LogP contribution < -0.4 is 0 Å². The average Bonchev–Trinajstić information content (AvgIpc) is 2.61. The number of hydrogen-bond donors (Lipinski definition) is 0. The van der Waals surface area contributed by atoms with Crippen molar-refractivity contribution in [2.75, 3.05) is 0 Å². The van der Waals surface area contributed by atoms with Crippen LogP contribution in [-0.2, 0) is 0 Å². The summed E-state index contributed by atoms with van der Waals surface area (Å²) in [7, 11) is 0. The van der Waals surface area contributed by atoms with Crippen molar-refractivity contribution in [3.8, 4) is 23.1 Å². The van der Waals surface area contributed by atoms with Crippen LogP contribution in [0.3, 0.4) is 0 Å². The van der Waals surface area contributed by atoms with Crippen LogP contribution >= 0.6 is 0 Å². The number of aromatic nitrogens is 1. The number of rotatable bonds is 2. The van der Waals surface area contributed by atoms with E-state index in [0.717, 1.165) is 29.7 Å². The third-order valence-corrected chi connectivity index (χ3v) is 4.43. The number of hydrogen-bond acceptors (Lipinski definition) is 1. The monoisotopic (exact) mass is 305 g/mol. The van der Waals surface area contributed by atoms with Crippen LogP contribution in [0.4, 0.5) is 4.39 Å². The van der Waals surface area contributed by atoms with E-state index in [1.807, 2.05) is 12.1 Å². The topological polar surface area (TPSA) is 12.9 Å². The van der Waals surface area contributed by atoms with Crippen LogP contribution in [0.5, 0.6) is 0 Å². The van der Waals surface area contributed by atoms with Crippen molar-refractivity contribution in [1.82, 2.24) is 4.98 Å². The summed E-state index contributed by atoms with van der Waals surface area (Å²) in [5.74, 6) is 7.54. The number of nitrogens with zero attached hydrogens (tertiary/aromatic N) is 1. The Kier molecular flexibility index (Phi) is 4.88. The summed E-state index contributed by atoms with van der Waals surface area (Å²) in [6.07, 6.45) is 8.58. The number of pyridine rings is 1. The lowest BCUT2D eigenvalue weighted by Gasteiger charge is -2.22. The molecular weight excluding hydrogens is 285 g/mol. The number of halogens is 1. The molecule has 2 aromatic rings. The van der Waals surface area contributed by atoms with Gasteiger partial charge in [-0.1, -0.05) is 17.9 Å². The van der Waals surface area contributed by atoms with Crippen molar-refractivity contribution in [2.45, 2.75) is 25.7 Å². The fourth-order valence-electron chi connectivity index (χ4n) is 2.94. The maximum absolute atomic E-state index is 12.9. The molecule has 1 aliphatic carbocycles. The average molecular weight is 305 g/mol. The van der Waals surface area contributed by atoms with Gasteiger partial charge in [-0.25, -0.2) is 4.39 Å². The molecule has 0 saturated heterocycles. The second-order valence-electron chi connectivity index (χ2n) is 6.06. The maximum Gasteiger partial charge on any atom is 0.123 e. The van der Waals surface area contributed by atoms with Gasteiger partial charge in [-0.15, -0.1) is 6.58 Å². The molecule has 0 N–H and O–H groups in total. The lowest BCUT2D eigenvalue weighted by Crippen LogP contribution is -2.11. The highest BCUT2D eigenvalue weighted by atomic mass is 19.1. The zero-order chi connectivity index (χ0) is 16.1. The van der Waals surface area contributed by atoms with E-state index in [-0.39, 0.29) is 5.82 Å². The fraction of sp³-hybridized carbons (Fsp3) is 0.286. The quantitative estimate of drug-likeness (QED) is 0.547. The van der Waals surface area contributed by atoms with Crippen molar-refractivity contribution in [3.05, 3.63) is 66.6 Å². The van der Waals surface area contributed by atoms with Crippen LogP contribution in [0.25, 0.3) is 11.3 Å². The van der Waals surface area contributed by atoms with Crippen molar-refractivity contribution in [2.24, 2.45) is 11.8 Å². The van der Waals surface area contributed by atoms with Gasteiger partial charge in [-0.3, -0.25) is 4.98 Å². The first-order valence-corrected chi connectivity index (χ1v) is 8.10. The van der Waals surface area contributed by atoms with Gasteiger partial charge in [0.2, 0.25) is 0 Å². The Morgan fingerprint density at radius 3 is 2.39 bits per heavy atom. The molecule has 2 heteroatoms. The van der Waals surface area contributed by atoms with Gasteiger partial charge in [0.15, 0.2) is 0 Å². The van der Waals surface area contributed by atoms with E-state index >= 15 is 0 Å². The van der Waals surface area contributed by atoms with Crippen molar-refractivity contribution in [1.29, 1.82) is 0 Å². The predicted molar refractivity (Wildman–Crippen MR) is 92.2 cm³/mol. The van der Waals surface area contributed by atoms with Crippen molar-refractivity contribution in [3.63, 3.8) is 0 Å². The molecule has 0 aliphatic heterocycles. The van der Waals surface area contributed by atoms with E-state index in [2.05, 4.69) is 29.5 Å². The van der Waals surface area contributed by atoms with E-state index in [0.29, 0.717) is 11.8 Å². The summed E-state index contributed by atoms with van der Waals surface area (Å²) in [5.41, 5.74) is 2.68.